The van der Waals surface area contributed by atoms with E-state index in [0.717, 1.165) is 0 Å². The fourth-order valence-corrected chi connectivity index (χ4v) is 2.77. The molecule has 0 spiro atoms. The lowest BCUT2D eigenvalue weighted by molar-refractivity contribution is -0.115. The van der Waals surface area contributed by atoms with Gasteiger partial charge in [0, 0.05) is 15.8 Å². The molecule has 0 radical (unpaired) electrons. The van der Waals surface area contributed by atoms with Crippen LogP contribution in [0.5, 0.6) is 0 Å². The van der Waals surface area contributed by atoms with Crippen molar-refractivity contribution in [3.05, 3.63) is 62.1 Å². The first-order valence-corrected chi connectivity index (χ1v) is 8.81. The van der Waals surface area contributed by atoms with Crippen molar-refractivity contribution in [2.45, 2.75) is 13.3 Å². The molecule has 136 valence electrons. The molecule has 0 aliphatic heterocycles. The van der Waals surface area contributed by atoms with Gasteiger partial charge in [-0.15, -0.1) is 0 Å². The standard InChI is InChI=1S/C17H13Cl4N3O2/c1-9(6-16(25)22-15-8-11(19)3-5-13(15)20)23-24-17(26)12-4-2-10(18)7-14(12)21/h2-5,7-8H,6H2,1H3,(H,22,25)(H,24,26). The van der Waals surface area contributed by atoms with Crippen molar-refractivity contribution in [1.29, 1.82) is 0 Å². The summed E-state index contributed by atoms with van der Waals surface area (Å²) in [7, 11) is 0. The lowest BCUT2D eigenvalue weighted by atomic mass is 10.2. The van der Waals surface area contributed by atoms with Crippen LogP contribution < -0.4 is 10.7 Å². The van der Waals surface area contributed by atoms with Crippen LogP contribution in [0.2, 0.25) is 20.1 Å². The van der Waals surface area contributed by atoms with Gasteiger partial charge in [0.1, 0.15) is 0 Å². The Hall–Kier alpha value is -1.79. The van der Waals surface area contributed by atoms with E-state index in [4.69, 9.17) is 46.4 Å². The number of carbonyl (C=O) groups is 2. The van der Waals surface area contributed by atoms with E-state index in [-0.39, 0.29) is 22.9 Å². The number of nitrogens with one attached hydrogen (secondary N) is 2. The minimum Gasteiger partial charge on any atom is -0.324 e. The number of halogens is 4. The van der Waals surface area contributed by atoms with Crippen molar-refractivity contribution in [2.24, 2.45) is 5.10 Å². The van der Waals surface area contributed by atoms with Gasteiger partial charge in [-0.2, -0.15) is 5.10 Å². The normalized spacial score (nSPS) is 11.2. The molecule has 0 aliphatic carbocycles. The maximum atomic E-state index is 12.1. The van der Waals surface area contributed by atoms with Crippen molar-refractivity contribution in [3.63, 3.8) is 0 Å². The summed E-state index contributed by atoms with van der Waals surface area (Å²) in [6.45, 7) is 1.60. The van der Waals surface area contributed by atoms with Gasteiger partial charge in [0.2, 0.25) is 5.91 Å². The van der Waals surface area contributed by atoms with Crippen molar-refractivity contribution in [1.82, 2.24) is 5.43 Å². The van der Waals surface area contributed by atoms with Crippen LogP contribution in [0.3, 0.4) is 0 Å². The number of anilines is 1. The van der Waals surface area contributed by atoms with E-state index in [1.165, 1.54) is 12.1 Å². The number of hydrazone groups is 1. The van der Waals surface area contributed by atoms with Crippen molar-refractivity contribution in [3.8, 4) is 0 Å². The van der Waals surface area contributed by atoms with Crippen molar-refractivity contribution >= 4 is 69.6 Å². The maximum absolute atomic E-state index is 12.1. The van der Waals surface area contributed by atoms with Crippen LogP contribution in [0.1, 0.15) is 23.7 Å². The molecule has 0 atom stereocenters. The number of hydrogen-bond acceptors (Lipinski definition) is 3. The Morgan fingerprint density at radius 1 is 0.962 bits per heavy atom. The molecule has 2 amide bonds. The molecule has 5 nitrogen and oxygen atoms in total. The average molecular weight is 433 g/mol. The molecule has 0 aliphatic rings. The third-order valence-corrected chi connectivity index (χ3v) is 4.26. The van der Waals surface area contributed by atoms with Gasteiger partial charge in [0.05, 0.1) is 27.7 Å². The zero-order valence-corrected chi connectivity index (χ0v) is 16.5. The summed E-state index contributed by atoms with van der Waals surface area (Å²) in [6.07, 6.45) is -0.0442. The van der Waals surface area contributed by atoms with E-state index in [0.29, 0.717) is 26.5 Å². The number of rotatable bonds is 5. The zero-order chi connectivity index (χ0) is 19.3. The molecular weight excluding hydrogens is 420 g/mol. The van der Waals surface area contributed by atoms with Gasteiger partial charge >= 0.3 is 0 Å². The van der Waals surface area contributed by atoms with E-state index in [9.17, 15) is 9.59 Å². The summed E-state index contributed by atoms with van der Waals surface area (Å²) in [5.74, 6) is -0.862. The molecule has 0 fully saturated rings. The summed E-state index contributed by atoms with van der Waals surface area (Å²) in [4.78, 5) is 24.1. The number of amides is 2. The fourth-order valence-electron chi connectivity index (χ4n) is 1.94. The van der Waals surface area contributed by atoms with Crippen molar-refractivity contribution < 1.29 is 9.59 Å². The Bertz CT molecular complexity index is 884. The van der Waals surface area contributed by atoms with Gasteiger partial charge in [-0.1, -0.05) is 46.4 Å². The number of benzene rings is 2. The lowest BCUT2D eigenvalue weighted by Gasteiger charge is -2.08. The fraction of sp³-hybridized carbons (Fsp3) is 0.118. The maximum Gasteiger partial charge on any atom is 0.272 e. The van der Waals surface area contributed by atoms with Crippen LogP contribution in [0.15, 0.2) is 41.5 Å². The van der Waals surface area contributed by atoms with Gasteiger partial charge in [0.15, 0.2) is 0 Å². The van der Waals surface area contributed by atoms with Gasteiger partial charge < -0.3 is 5.32 Å². The van der Waals surface area contributed by atoms with Crippen LogP contribution in [0.25, 0.3) is 0 Å². The first kappa shape index (κ1) is 20.5. The number of hydrogen-bond donors (Lipinski definition) is 2. The molecule has 2 aromatic carbocycles. The summed E-state index contributed by atoms with van der Waals surface area (Å²) in [5.41, 5.74) is 3.35. The van der Waals surface area contributed by atoms with Gasteiger partial charge in [-0.05, 0) is 43.3 Å². The number of nitrogens with zero attached hydrogens (tertiary/aromatic N) is 1. The molecule has 0 saturated heterocycles. The highest BCUT2D eigenvalue weighted by Crippen LogP contribution is 2.25. The van der Waals surface area contributed by atoms with Crippen LogP contribution in [0, 0.1) is 0 Å². The summed E-state index contributed by atoms with van der Waals surface area (Å²) < 4.78 is 0. The number of carbonyl (C=O) groups excluding carboxylic acids is 2. The molecule has 0 bridgehead atoms. The highest BCUT2D eigenvalue weighted by Gasteiger charge is 2.11. The average Bonchev–Trinajstić information content (AvgIpc) is 2.56. The second kappa shape index (κ2) is 9.24. The Kier molecular flexibility index (Phi) is 7.29. The molecule has 0 heterocycles. The van der Waals surface area contributed by atoms with Gasteiger partial charge in [-0.25, -0.2) is 5.43 Å². The van der Waals surface area contributed by atoms with Crippen LogP contribution in [-0.2, 0) is 4.79 Å². The Balaban J connectivity index is 1.96. The van der Waals surface area contributed by atoms with E-state index in [1.54, 1.807) is 31.2 Å². The largest absolute Gasteiger partial charge is 0.324 e. The molecule has 2 N–H and O–H groups in total. The molecule has 26 heavy (non-hydrogen) atoms. The first-order chi connectivity index (χ1) is 12.3. The lowest BCUT2D eigenvalue weighted by Crippen LogP contribution is -2.21. The molecule has 0 unspecified atom stereocenters. The summed E-state index contributed by atoms with van der Waals surface area (Å²) in [6, 6.07) is 9.22. The smallest absolute Gasteiger partial charge is 0.272 e. The predicted octanol–water partition coefficient (Wildman–Crippen LogP) is 5.43. The summed E-state index contributed by atoms with van der Waals surface area (Å²) in [5, 5.41) is 7.96. The second-order valence-corrected chi connectivity index (χ2v) is 6.95. The Labute approximate surface area is 170 Å². The van der Waals surface area contributed by atoms with Gasteiger partial charge in [-0.3, -0.25) is 9.59 Å². The van der Waals surface area contributed by atoms with Crippen LogP contribution in [-0.4, -0.2) is 17.5 Å². The SMILES string of the molecule is CC(CC(=O)Nc1cc(Cl)ccc1Cl)=NNC(=O)c1ccc(Cl)cc1Cl. The second-order valence-electron chi connectivity index (χ2n) is 5.26. The molecule has 0 aromatic heterocycles. The highest BCUT2D eigenvalue weighted by atomic mass is 35.5. The highest BCUT2D eigenvalue weighted by molar-refractivity contribution is 6.37. The first-order valence-electron chi connectivity index (χ1n) is 7.29. The Morgan fingerprint density at radius 3 is 2.31 bits per heavy atom. The minimum absolute atomic E-state index is 0.0442. The van der Waals surface area contributed by atoms with E-state index < -0.39 is 5.91 Å². The molecule has 0 saturated carbocycles. The van der Waals surface area contributed by atoms with E-state index in [2.05, 4.69) is 15.8 Å². The van der Waals surface area contributed by atoms with E-state index in [1.807, 2.05) is 0 Å². The predicted molar refractivity (Wildman–Crippen MR) is 107 cm³/mol. The minimum atomic E-state index is -0.510. The van der Waals surface area contributed by atoms with Crippen LogP contribution in [0.4, 0.5) is 5.69 Å². The third kappa shape index (κ3) is 5.88. The zero-order valence-electron chi connectivity index (χ0n) is 13.4. The van der Waals surface area contributed by atoms with Crippen LogP contribution >= 0.6 is 46.4 Å². The third-order valence-electron chi connectivity index (χ3n) is 3.14. The van der Waals surface area contributed by atoms with Crippen molar-refractivity contribution in [2.75, 3.05) is 5.32 Å². The molecule has 2 rings (SSSR count). The Morgan fingerprint density at radius 2 is 1.62 bits per heavy atom. The molecule has 9 heteroatoms. The molecular formula is C17H13Cl4N3O2. The van der Waals surface area contributed by atoms with Gasteiger partial charge in [0.25, 0.3) is 5.91 Å². The topological polar surface area (TPSA) is 70.6 Å². The molecule has 2 aromatic rings. The quantitative estimate of drug-likeness (QED) is 0.488. The monoisotopic (exact) mass is 431 g/mol. The van der Waals surface area contributed by atoms with E-state index >= 15 is 0 Å². The summed E-state index contributed by atoms with van der Waals surface area (Å²) >= 11 is 23.6.